The quantitative estimate of drug-likeness (QED) is 0.181. The van der Waals surface area contributed by atoms with Gasteiger partial charge in [0.15, 0.2) is 0 Å². The van der Waals surface area contributed by atoms with Crippen LogP contribution >= 0.6 is 0 Å². The molecule has 2 atom stereocenters. The van der Waals surface area contributed by atoms with Gasteiger partial charge in [0, 0.05) is 21.9 Å². The van der Waals surface area contributed by atoms with Crippen molar-refractivity contribution in [3.63, 3.8) is 0 Å². The van der Waals surface area contributed by atoms with E-state index in [4.69, 9.17) is 9.41 Å². The van der Waals surface area contributed by atoms with E-state index in [1.807, 2.05) is 12.1 Å². The van der Waals surface area contributed by atoms with Gasteiger partial charge in [0.2, 0.25) is 0 Å². The van der Waals surface area contributed by atoms with Crippen LogP contribution in [0.1, 0.15) is 29.0 Å². The highest BCUT2D eigenvalue weighted by Crippen LogP contribution is 2.43. The topological polar surface area (TPSA) is 49.6 Å². The minimum atomic E-state index is -0.280. The zero-order valence-electron chi connectivity index (χ0n) is 27.8. The molecule has 4 heteroatoms. The van der Waals surface area contributed by atoms with Crippen LogP contribution in [-0.4, -0.2) is 5.84 Å². The Hall–Kier alpha value is -6.49. The molecule has 4 nitrogen and oxygen atoms in total. The van der Waals surface area contributed by atoms with E-state index >= 15 is 0 Å². The van der Waals surface area contributed by atoms with Gasteiger partial charge in [0.1, 0.15) is 29.3 Å². The molecule has 2 unspecified atom stereocenters. The third-order valence-electron chi connectivity index (χ3n) is 10.2. The van der Waals surface area contributed by atoms with Crippen LogP contribution in [-0.2, 0) is 0 Å². The number of rotatable bonds is 5. The van der Waals surface area contributed by atoms with Crippen molar-refractivity contribution in [2.24, 2.45) is 4.99 Å². The lowest BCUT2D eigenvalue weighted by Crippen LogP contribution is -2.45. The number of benzene rings is 8. The normalized spacial score (nSPS) is 16.0. The second kappa shape index (κ2) is 12.1. The highest BCUT2D eigenvalue weighted by Gasteiger charge is 2.28. The summed E-state index contributed by atoms with van der Waals surface area (Å²) in [5.74, 6) is 0.842. The van der Waals surface area contributed by atoms with Crippen LogP contribution < -0.4 is 10.6 Å². The molecule has 1 aliphatic heterocycles. The average Bonchev–Trinajstić information content (AvgIpc) is 3.61. The molecule has 1 aliphatic rings. The number of aliphatic imine (C=N–C) groups is 1. The summed E-state index contributed by atoms with van der Waals surface area (Å²) in [6.07, 6.45) is -0.437. The van der Waals surface area contributed by atoms with E-state index in [1.165, 1.54) is 21.5 Å². The molecular weight excluding hydrogens is 623 g/mol. The highest BCUT2D eigenvalue weighted by atomic mass is 16.3. The minimum Gasteiger partial charge on any atom is -0.455 e. The highest BCUT2D eigenvalue weighted by molar-refractivity contribution is 6.18. The minimum absolute atomic E-state index is 0.157. The summed E-state index contributed by atoms with van der Waals surface area (Å²) in [6.45, 7) is 0. The predicted octanol–water partition coefficient (Wildman–Crippen LogP) is 11.6. The van der Waals surface area contributed by atoms with Gasteiger partial charge in [-0.1, -0.05) is 158 Å². The summed E-state index contributed by atoms with van der Waals surface area (Å²) in [4.78, 5) is 5.44. The summed E-state index contributed by atoms with van der Waals surface area (Å²) < 4.78 is 6.65. The molecule has 242 valence electrons. The summed E-state index contributed by atoms with van der Waals surface area (Å²) in [6, 6.07) is 62.1. The number of para-hydroxylation sites is 1. The fourth-order valence-electron chi connectivity index (χ4n) is 7.69. The third kappa shape index (κ3) is 5.08. The van der Waals surface area contributed by atoms with E-state index in [0.29, 0.717) is 0 Å². The molecule has 0 spiro atoms. The Bertz CT molecular complexity index is 2770. The lowest BCUT2D eigenvalue weighted by molar-refractivity contribution is 0.409. The Morgan fingerprint density at radius 2 is 1.12 bits per heavy atom. The summed E-state index contributed by atoms with van der Waals surface area (Å²) in [7, 11) is 0. The van der Waals surface area contributed by atoms with Gasteiger partial charge >= 0.3 is 0 Å². The van der Waals surface area contributed by atoms with Crippen LogP contribution in [0.4, 0.5) is 0 Å². The van der Waals surface area contributed by atoms with Crippen LogP contribution in [0.5, 0.6) is 0 Å². The molecule has 8 aromatic carbocycles. The molecule has 0 fully saturated rings. The molecule has 1 aromatic heterocycles. The summed E-state index contributed by atoms with van der Waals surface area (Å²) in [5, 5.41) is 14.7. The largest absolute Gasteiger partial charge is 0.455 e. The maximum absolute atomic E-state index is 6.65. The number of hydrogen-bond acceptors (Lipinski definition) is 4. The molecule has 0 saturated heterocycles. The number of amidine groups is 1. The van der Waals surface area contributed by atoms with Crippen molar-refractivity contribution in [2.45, 2.75) is 12.3 Å². The molecular formula is C47H33N3O. The number of nitrogens with zero attached hydrogens (tertiary/aromatic N) is 1. The van der Waals surface area contributed by atoms with Gasteiger partial charge in [-0.3, -0.25) is 5.32 Å². The van der Waals surface area contributed by atoms with Crippen molar-refractivity contribution in [3.05, 3.63) is 193 Å². The van der Waals surface area contributed by atoms with Gasteiger partial charge in [0.25, 0.3) is 0 Å². The van der Waals surface area contributed by atoms with Gasteiger partial charge in [0.05, 0.1) is 0 Å². The maximum Gasteiger partial charge on any atom is 0.143 e. The standard InChI is InChI=1S/C47H33N3O/c1-3-13-30(14-4-1)36-27-28-38(43-40-21-11-12-22-42(40)51-44(36)43)37-19-9-10-20-39(37)47-49-45(33-16-5-2-6-17-33)48-46(50-47)34-26-25-32-24-23-31-15-7-8-18-35(31)41(32)29-34/h1-29,45-46,48H,(H,49,50). The van der Waals surface area contributed by atoms with Crippen LogP contribution in [0.2, 0.25) is 0 Å². The molecule has 0 radical (unpaired) electrons. The molecule has 0 aliphatic carbocycles. The molecule has 0 bridgehead atoms. The Morgan fingerprint density at radius 1 is 0.471 bits per heavy atom. The predicted molar refractivity (Wildman–Crippen MR) is 211 cm³/mol. The van der Waals surface area contributed by atoms with E-state index in [2.05, 4.69) is 174 Å². The molecule has 2 heterocycles. The van der Waals surface area contributed by atoms with Crippen LogP contribution in [0.15, 0.2) is 185 Å². The monoisotopic (exact) mass is 655 g/mol. The van der Waals surface area contributed by atoms with Crippen molar-refractivity contribution in [2.75, 3.05) is 0 Å². The van der Waals surface area contributed by atoms with Crippen molar-refractivity contribution in [1.29, 1.82) is 0 Å². The first-order valence-electron chi connectivity index (χ1n) is 17.4. The first-order chi connectivity index (χ1) is 25.3. The molecule has 51 heavy (non-hydrogen) atoms. The van der Waals surface area contributed by atoms with Gasteiger partial charge < -0.3 is 9.73 Å². The van der Waals surface area contributed by atoms with Crippen LogP contribution in [0, 0.1) is 0 Å². The van der Waals surface area contributed by atoms with Gasteiger partial charge in [-0.2, -0.15) is 0 Å². The molecule has 9 aromatic rings. The number of furan rings is 1. The second-order valence-electron chi connectivity index (χ2n) is 13.2. The summed E-state index contributed by atoms with van der Waals surface area (Å²) in [5.41, 5.74) is 9.47. The Balaban J connectivity index is 1.16. The van der Waals surface area contributed by atoms with Crippen molar-refractivity contribution in [3.8, 4) is 22.3 Å². The molecule has 0 amide bonds. The molecule has 2 N–H and O–H groups in total. The van der Waals surface area contributed by atoms with Crippen LogP contribution in [0.25, 0.3) is 65.7 Å². The van der Waals surface area contributed by atoms with E-state index < -0.39 is 0 Å². The van der Waals surface area contributed by atoms with Gasteiger partial charge in [-0.05, 0) is 67.6 Å². The second-order valence-corrected chi connectivity index (χ2v) is 13.2. The average molecular weight is 656 g/mol. The maximum atomic E-state index is 6.65. The Morgan fingerprint density at radius 3 is 1.96 bits per heavy atom. The van der Waals surface area contributed by atoms with E-state index in [-0.39, 0.29) is 12.3 Å². The summed E-state index contributed by atoms with van der Waals surface area (Å²) >= 11 is 0. The molecule has 10 rings (SSSR count). The van der Waals surface area contributed by atoms with Gasteiger partial charge in [-0.15, -0.1) is 0 Å². The lowest BCUT2D eigenvalue weighted by atomic mass is 9.91. The fourth-order valence-corrected chi connectivity index (χ4v) is 7.69. The van der Waals surface area contributed by atoms with E-state index in [1.54, 1.807) is 0 Å². The van der Waals surface area contributed by atoms with Crippen molar-refractivity contribution >= 4 is 49.3 Å². The Labute approximate surface area is 295 Å². The fraction of sp³-hybridized carbons (Fsp3) is 0.0426. The number of hydrogen-bond donors (Lipinski definition) is 2. The third-order valence-corrected chi connectivity index (χ3v) is 10.2. The zero-order chi connectivity index (χ0) is 33.7. The smallest absolute Gasteiger partial charge is 0.143 e. The van der Waals surface area contributed by atoms with E-state index in [0.717, 1.165) is 66.7 Å². The SMILES string of the molecule is c1ccc(-c2ccc(-c3ccccc3C3=NC(c4ccc5ccc6ccccc6c5c4)NC(c4ccccc4)N3)c3c2oc2ccccc23)cc1. The van der Waals surface area contributed by atoms with Crippen LogP contribution in [0.3, 0.4) is 0 Å². The number of fused-ring (bicyclic) bond motifs is 6. The number of nitrogens with one attached hydrogen (secondary N) is 2. The van der Waals surface area contributed by atoms with Gasteiger partial charge in [-0.25, -0.2) is 4.99 Å². The first-order valence-corrected chi connectivity index (χ1v) is 17.4. The van der Waals surface area contributed by atoms with Crippen molar-refractivity contribution in [1.82, 2.24) is 10.6 Å². The molecule has 0 saturated carbocycles. The van der Waals surface area contributed by atoms with E-state index in [9.17, 15) is 0 Å². The first kappa shape index (κ1) is 29.4. The zero-order valence-corrected chi connectivity index (χ0v) is 27.8. The van der Waals surface area contributed by atoms with Crippen molar-refractivity contribution < 1.29 is 4.42 Å². The Kier molecular flexibility index (Phi) is 7.00. The lowest BCUT2D eigenvalue weighted by Gasteiger charge is -2.33.